The van der Waals surface area contributed by atoms with E-state index < -0.39 is 0 Å². The van der Waals surface area contributed by atoms with Crippen LogP contribution in [0.2, 0.25) is 0 Å². The molecule has 0 aromatic heterocycles. The van der Waals surface area contributed by atoms with Crippen LogP contribution in [0.25, 0.3) is 0 Å². The second kappa shape index (κ2) is 2.98. The van der Waals surface area contributed by atoms with E-state index in [0.29, 0.717) is 5.54 Å². The minimum atomic E-state index is 0.300. The van der Waals surface area contributed by atoms with E-state index in [1.54, 1.807) is 0 Å². The quantitative estimate of drug-likeness (QED) is 0.551. The number of rotatable bonds is 2. The average molecular weight is 153 g/mol. The van der Waals surface area contributed by atoms with Crippen LogP contribution in [0.3, 0.4) is 0 Å². The van der Waals surface area contributed by atoms with Crippen molar-refractivity contribution in [3.8, 4) is 0 Å². The van der Waals surface area contributed by atoms with Gasteiger partial charge in [0, 0.05) is 5.54 Å². The second-order valence-electron chi connectivity index (χ2n) is 3.74. The summed E-state index contributed by atoms with van der Waals surface area (Å²) >= 11 is 0. The molecule has 0 bridgehead atoms. The Labute approximate surface area is 70.1 Å². The SMILES string of the molecule is C=C(C)C1(C)CCCN1CC. The number of hydrogen-bond acceptors (Lipinski definition) is 1. The highest BCUT2D eigenvalue weighted by Crippen LogP contribution is 2.33. The molecule has 1 heterocycles. The first-order valence-corrected chi connectivity index (χ1v) is 4.52. The molecular weight excluding hydrogens is 134 g/mol. The lowest BCUT2D eigenvalue weighted by Crippen LogP contribution is -2.41. The molecule has 0 N–H and O–H groups in total. The second-order valence-corrected chi connectivity index (χ2v) is 3.74. The van der Waals surface area contributed by atoms with Crippen LogP contribution in [0.5, 0.6) is 0 Å². The molecule has 0 radical (unpaired) electrons. The van der Waals surface area contributed by atoms with Crippen molar-refractivity contribution in [2.45, 2.75) is 39.2 Å². The van der Waals surface area contributed by atoms with Crippen molar-refractivity contribution in [3.05, 3.63) is 12.2 Å². The Hall–Kier alpha value is -0.300. The van der Waals surface area contributed by atoms with Gasteiger partial charge >= 0.3 is 0 Å². The summed E-state index contributed by atoms with van der Waals surface area (Å²) in [6.07, 6.45) is 2.62. The van der Waals surface area contributed by atoms with Crippen LogP contribution in [-0.2, 0) is 0 Å². The zero-order chi connectivity index (χ0) is 8.48. The number of hydrogen-bond donors (Lipinski definition) is 0. The van der Waals surface area contributed by atoms with Crippen LogP contribution in [0.4, 0.5) is 0 Å². The van der Waals surface area contributed by atoms with Gasteiger partial charge in [0.2, 0.25) is 0 Å². The molecule has 0 amide bonds. The minimum absolute atomic E-state index is 0.300. The lowest BCUT2D eigenvalue weighted by Gasteiger charge is -2.35. The van der Waals surface area contributed by atoms with Crippen molar-refractivity contribution in [1.82, 2.24) is 4.90 Å². The van der Waals surface area contributed by atoms with Crippen molar-refractivity contribution >= 4 is 0 Å². The predicted octanol–water partition coefficient (Wildman–Crippen LogP) is 2.44. The van der Waals surface area contributed by atoms with Crippen LogP contribution < -0.4 is 0 Å². The fourth-order valence-electron chi connectivity index (χ4n) is 2.01. The van der Waals surface area contributed by atoms with E-state index in [1.165, 1.54) is 25.0 Å². The number of nitrogens with zero attached hydrogens (tertiary/aromatic N) is 1. The van der Waals surface area contributed by atoms with Crippen LogP contribution in [0.15, 0.2) is 12.2 Å². The Morgan fingerprint density at radius 1 is 1.64 bits per heavy atom. The van der Waals surface area contributed by atoms with Gasteiger partial charge in [0.05, 0.1) is 0 Å². The van der Waals surface area contributed by atoms with Gasteiger partial charge in [-0.1, -0.05) is 19.1 Å². The molecule has 1 aliphatic rings. The topological polar surface area (TPSA) is 3.24 Å². The molecule has 1 rings (SSSR count). The van der Waals surface area contributed by atoms with E-state index in [-0.39, 0.29) is 0 Å². The van der Waals surface area contributed by atoms with Crippen LogP contribution in [0.1, 0.15) is 33.6 Å². The highest BCUT2D eigenvalue weighted by atomic mass is 15.2. The van der Waals surface area contributed by atoms with Crippen molar-refractivity contribution in [2.75, 3.05) is 13.1 Å². The molecule has 1 aliphatic heterocycles. The summed E-state index contributed by atoms with van der Waals surface area (Å²) in [6, 6.07) is 0. The first-order chi connectivity index (χ1) is 5.11. The Morgan fingerprint density at radius 3 is 2.64 bits per heavy atom. The van der Waals surface area contributed by atoms with Crippen molar-refractivity contribution < 1.29 is 0 Å². The van der Waals surface area contributed by atoms with E-state index in [1.807, 2.05) is 0 Å². The summed E-state index contributed by atoms with van der Waals surface area (Å²) in [5.41, 5.74) is 1.62. The molecule has 0 aromatic rings. The van der Waals surface area contributed by atoms with Gasteiger partial charge in [-0.2, -0.15) is 0 Å². The molecular formula is C10H19N. The normalized spacial score (nSPS) is 32.6. The maximum absolute atomic E-state index is 4.07. The Bertz CT molecular complexity index is 162. The molecule has 1 saturated heterocycles. The zero-order valence-corrected chi connectivity index (χ0v) is 7.98. The third-order valence-corrected chi connectivity index (χ3v) is 3.09. The summed E-state index contributed by atoms with van der Waals surface area (Å²) in [7, 11) is 0. The first kappa shape index (κ1) is 8.79. The molecule has 11 heavy (non-hydrogen) atoms. The maximum Gasteiger partial charge on any atom is 0.0387 e. The van der Waals surface area contributed by atoms with Crippen molar-refractivity contribution in [2.24, 2.45) is 0 Å². The van der Waals surface area contributed by atoms with Gasteiger partial charge in [-0.15, -0.1) is 0 Å². The molecule has 0 spiro atoms. The van der Waals surface area contributed by atoms with Gasteiger partial charge < -0.3 is 0 Å². The average Bonchev–Trinajstić information content (AvgIpc) is 2.32. The monoisotopic (exact) mass is 153 g/mol. The molecule has 0 aliphatic carbocycles. The first-order valence-electron chi connectivity index (χ1n) is 4.52. The van der Waals surface area contributed by atoms with Gasteiger partial charge in [0.25, 0.3) is 0 Å². The fraction of sp³-hybridized carbons (Fsp3) is 0.800. The molecule has 0 saturated carbocycles. The molecule has 1 unspecified atom stereocenters. The van der Waals surface area contributed by atoms with Gasteiger partial charge in [0.1, 0.15) is 0 Å². The maximum atomic E-state index is 4.07. The summed E-state index contributed by atoms with van der Waals surface area (Å²) in [4.78, 5) is 2.52. The van der Waals surface area contributed by atoms with E-state index in [2.05, 4.69) is 32.3 Å². The number of likely N-dealkylation sites (tertiary alicyclic amines) is 1. The predicted molar refractivity (Wildman–Crippen MR) is 49.7 cm³/mol. The van der Waals surface area contributed by atoms with Gasteiger partial charge in [-0.3, -0.25) is 4.90 Å². The fourth-order valence-corrected chi connectivity index (χ4v) is 2.01. The third kappa shape index (κ3) is 1.34. The third-order valence-electron chi connectivity index (χ3n) is 3.09. The van der Waals surface area contributed by atoms with E-state index in [9.17, 15) is 0 Å². The van der Waals surface area contributed by atoms with Gasteiger partial charge in [-0.25, -0.2) is 0 Å². The van der Waals surface area contributed by atoms with Crippen molar-refractivity contribution in [1.29, 1.82) is 0 Å². The smallest absolute Gasteiger partial charge is 0.0387 e. The lowest BCUT2D eigenvalue weighted by atomic mass is 9.91. The zero-order valence-electron chi connectivity index (χ0n) is 7.98. The summed E-state index contributed by atoms with van der Waals surface area (Å²) < 4.78 is 0. The highest BCUT2D eigenvalue weighted by Gasteiger charge is 2.35. The molecule has 1 fully saturated rings. The molecule has 0 aromatic carbocycles. The Morgan fingerprint density at radius 2 is 2.27 bits per heavy atom. The van der Waals surface area contributed by atoms with E-state index in [0.717, 1.165) is 6.54 Å². The molecule has 1 heteroatoms. The largest absolute Gasteiger partial charge is 0.295 e. The van der Waals surface area contributed by atoms with Crippen LogP contribution in [-0.4, -0.2) is 23.5 Å². The summed E-state index contributed by atoms with van der Waals surface area (Å²) in [6.45, 7) is 13.2. The summed E-state index contributed by atoms with van der Waals surface area (Å²) in [5.74, 6) is 0. The minimum Gasteiger partial charge on any atom is -0.295 e. The van der Waals surface area contributed by atoms with Crippen molar-refractivity contribution in [3.63, 3.8) is 0 Å². The van der Waals surface area contributed by atoms with Gasteiger partial charge in [-0.05, 0) is 39.8 Å². The Kier molecular flexibility index (Phi) is 2.38. The standard InChI is InChI=1S/C10H19N/c1-5-11-8-6-7-10(11,4)9(2)3/h2,5-8H2,1,3-4H3. The van der Waals surface area contributed by atoms with Crippen LogP contribution in [0, 0.1) is 0 Å². The molecule has 1 nitrogen and oxygen atoms in total. The summed E-state index contributed by atoms with van der Waals surface area (Å²) in [5, 5.41) is 0. The van der Waals surface area contributed by atoms with Crippen LogP contribution >= 0.6 is 0 Å². The van der Waals surface area contributed by atoms with E-state index >= 15 is 0 Å². The lowest BCUT2D eigenvalue weighted by molar-refractivity contribution is 0.202. The van der Waals surface area contributed by atoms with E-state index in [4.69, 9.17) is 0 Å². The molecule has 1 atom stereocenters. The Balaban J connectivity index is 2.75. The molecule has 64 valence electrons. The highest BCUT2D eigenvalue weighted by molar-refractivity contribution is 5.15. The number of likely N-dealkylation sites (N-methyl/N-ethyl adjacent to an activating group) is 1. The van der Waals surface area contributed by atoms with Gasteiger partial charge in [0.15, 0.2) is 0 Å².